The first-order valence-electron chi connectivity index (χ1n) is 3.60. The second kappa shape index (κ2) is 5.54. The van der Waals surface area contributed by atoms with Gasteiger partial charge in [0.2, 0.25) is 0 Å². The Morgan fingerprint density at radius 2 is 2.17 bits per heavy atom. The van der Waals surface area contributed by atoms with Crippen LogP contribution < -0.4 is 5.73 Å². The highest BCUT2D eigenvalue weighted by Crippen LogP contribution is 1.99. The Balaban J connectivity index is 3.50. The van der Waals surface area contributed by atoms with Gasteiger partial charge in [-0.15, -0.1) is 0 Å². The number of carbonyl (C=O) groups is 2. The molecular formula is C7H13NO4. The molecule has 1 atom stereocenters. The van der Waals surface area contributed by atoms with E-state index >= 15 is 0 Å². The average Bonchev–Trinajstić information content (AvgIpc) is 1.99. The summed E-state index contributed by atoms with van der Waals surface area (Å²) < 4.78 is 4.36. The summed E-state index contributed by atoms with van der Waals surface area (Å²) >= 11 is 0. The average molecular weight is 175 g/mol. The normalized spacial score (nSPS) is 12.2. The first kappa shape index (κ1) is 10.9. The molecule has 0 aromatic carbocycles. The molecule has 0 amide bonds. The van der Waals surface area contributed by atoms with Crippen LogP contribution in [0.1, 0.15) is 19.3 Å². The predicted molar refractivity (Wildman–Crippen MR) is 41.5 cm³/mol. The summed E-state index contributed by atoms with van der Waals surface area (Å²) in [5.41, 5.74) is 5.39. The van der Waals surface area contributed by atoms with E-state index in [4.69, 9.17) is 10.8 Å². The van der Waals surface area contributed by atoms with Gasteiger partial charge in [0.1, 0.15) is 0 Å². The van der Waals surface area contributed by atoms with Gasteiger partial charge in [0, 0.05) is 12.5 Å². The molecule has 3 N–H and O–H groups in total. The molecule has 0 aliphatic carbocycles. The van der Waals surface area contributed by atoms with Crippen molar-refractivity contribution in [1.82, 2.24) is 0 Å². The molecular weight excluding hydrogens is 162 g/mol. The van der Waals surface area contributed by atoms with Crippen molar-refractivity contribution in [3.05, 3.63) is 0 Å². The van der Waals surface area contributed by atoms with Crippen molar-refractivity contribution in [3.63, 3.8) is 0 Å². The number of carbonyl (C=O) groups excluding carboxylic acids is 1. The van der Waals surface area contributed by atoms with Crippen molar-refractivity contribution in [3.8, 4) is 0 Å². The number of methoxy groups -OCH3 is 1. The Morgan fingerprint density at radius 1 is 1.58 bits per heavy atom. The fraction of sp³-hybridized carbons (Fsp3) is 0.714. The van der Waals surface area contributed by atoms with Crippen LogP contribution in [0.5, 0.6) is 0 Å². The summed E-state index contributed by atoms with van der Waals surface area (Å²) in [5.74, 6) is -1.32. The monoisotopic (exact) mass is 175 g/mol. The van der Waals surface area contributed by atoms with Gasteiger partial charge in [-0.05, 0) is 6.42 Å². The van der Waals surface area contributed by atoms with Gasteiger partial charge in [0.25, 0.3) is 0 Å². The van der Waals surface area contributed by atoms with Gasteiger partial charge in [-0.2, -0.15) is 0 Å². The lowest BCUT2D eigenvalue weighted by Crippen LogP contribution is -2.24. The second-order valence-electron chi connectivity index (χ2n) is 2.47. The number of carboxylic acid groups (broad SMARTS) is 1. The molecule has 0 bridgehead atoms. The van der Waals surface area contributed by atoms with Crippen LogP contribution in [-0.2, 0) is 14.3 Å². The number of rotatable bonds is 5. The topological polar surface area (TPSA) is 89.6 Å². The van der Waals surface area contributed by atoms with Crippen LogP contribution in [0.15, 0.2) is 0 Å². The molecule has 0 saturated heterocycles. The van der Waals surface area contributed by atoms with Gasteiger partial charge in [0.05, 0.1) is 13.5 Å². The summed E-state index contributed by atoms with van der Waals surface area (Å²) in [5, 5.41) is 8.31. The zero-order valence-electron chi connectivity index (χ0n) is 6.95. The van der Waals surface area contributed by atoms with Crippen molar-refractivity contribution in [2.45, 2.75) is 25.3 Å². The zero-order valence-corrected chi connectivity index (χ0v) is 6.95. The molecule has 0 aromatic rings. The standard InChI is InChI=1S/C7H13NO4/c1-12-7(11)3-2-5(8)4-6(9)10/h5H,2-4,8H2,1H3,(H,9,10)/t5-/m0/s1. The van der Waals surface area contributed by atoms with E-state index in [0.717, 1.165) is 0 Å². The lowest BCUT2D eigenvalue weighted by atomic mass is 10.1. The van der Waals surface area contributed by atoms with Gasteiger partial charge in [-0.1, -0.05) is 0 Å². The van der Waals surface area contributed by atoms with Crippen molar-refractivity contribution in [2.24, 2.45) is 5.73 Å². The van der Waals surface area contributed by atoms with Crippen LogP contribution in [0.4, 0.5) is 0 Å². The van der Waals surface area contributed by atoms with Gasteiger partial charge < -0.3 is 15.6 Å². The van der Waals surface area contributed by atoms with Gasteiger partial charge >= 0.3 is 11.9 Å². The second-order valence-corrected chi connectivity index (χ2v) is 2.47. The van der Waals surface area contributed by atoms with E-state index in [0.29, 0.717) is 6.42 Å². The van der Waals surface area contributed by atoms with Crippen molar-refractivity contribution in [2.75, 3.05) is 7.11 Å². The molecule has 0 aromatic heterocycles. The molecule has 0 fully saturated rings. The van der Waals surface area contributed by atoms with E-state index in [1.165, 1.54) is 7.11 Å². The first-order chi connectivity index (χ1) is 5.56. The number of ether oxygens (including phenoxy) is 1. The Bertz CT molecular complexity index is 169. The van der Waals surface area contributed by atoms with Gasteiger partial charge in [-0.3, -0.25) is 9.59 Å². The molecule has 0 radical (unpaired) electrons. The third-order valence-electron chi connectivity index (χ3n) is 1.38. The lowest BCUT2D eigenvalue weighted by molar-refractivity contribution is -0.142. The highest BCUT2D eigenvalue weighted by Gasteiger charge is 2.10. The molecule has 0 unspecified atom stereocenters. The number of hydrogen-bond acceptors (Lipinski definition) is 4. The van der Waals surface area contributed by atoms with Crippen LogP contribution >= 0.6 is 0 Å². The molecule has 5 nitrogen and oxygen atoms in total. The molecule has 12 heavy (non-hydrogen) atoms. The maximum Gasteiger partial charge on any atom is 0.305 e. The third kappa shape index (κ3) is 5.67. The minimum Gasteiger partial charge on any atom is -0.481 e. The van der Waals surface area contributed by atoms with E-state index in [2.05, 4.69) is 4.74 Å². The highest BCUT2D eigenvalue weighted by atomic mass is 16.5. The molecule has 0 rings (SSSR count). The van der Waals surface area contributed by atoms with Crippen LogP contribution in [0.3, 0.4) is 0 Å². The SMILES string of the molecule is COC(=O)CC[C@H](N)CC(=O)O. The number of esters is 1. The number of carboxylic acids is 1. The molecule has 0 aliphatic rings. The quantitative estimate of drug-likeness (QED) is 0.562. The van der Waals surface area contributed by atoms with Crippen LogP contribution in [0.25, 0.3) is 0 Å². The molecule has 0 heterocycles. The van der Waals surface area contributed by atoms with Gasteiger partial charge in [0.15, 0.2) is 0 Å². The van der Waals surface area contributed by atoms with Crippen molar-refractivity contribution < 1.29 is 19.4 Å². The van der Waals surface area contributed by atoms with E-state index in [-0.39, 0.29) is 18.8 Å². The number of hydrogen-bond donors (Lipinski definition) is 2. The van der Waals surface area contributed by atoms with Crippen molar-refractivity contribution in [1.29, 1.82) is 0 Å². The van der Waals surface area contributed by atoms with E-state index < -0.39 is 12.0 Å². The molecule has 0 saturated carbocycles. The van der Waals surface area contributed by atoms with E-state index in [1.807, 2.05) is 0 Å². The zero-order chi connectivity index (χ0) is 9.56. The molecule has 0 aliphatic heterocycles. The Kier molecular flexibility index (Phi) is 5.03. The molecule has 5 heteroatoms. The Labute approximate surface area is 70.5 Å². The van der Waals surface area contributed by atoms with Crippen LogP contribution in [-0.4, -0.2) is 30.2 Å². The minimum absolute atomic E-state index is 0.114. The summed E-state index contributed by atoms with van der Waals surface area (Å²) in [6.07, 6.45) is 0.404. The number of nitrogens with two attached hydrogens (primary N) is 1. The molecule has 70 valence electrons. The Morgan fingerprint density at radius 3 is 2.58 bits per heavy atom. The largest absolute Gasteiger partial charge is 0.481 e. The molecule has 0 spiro atoms. The van der Waals surface area contributed by atoms with Crippen LogP contribution in [0.2, 0.25) is 0 Å². The summed E-state index contributed by atoms with van der Waals surface area (Å²) in [6, 6.07) is -0.471. The fourth-order valence-corrected chi connectivity index (χ4v) is 0.732. The predicted octanol–water partition coefficient (Wildman–Crippen LogP) is -0.258. The maximum atomic E-state index is 10.6. The lowest BCUT2D eigenvalue weighted by Gasteiger charge is -2.06. The maximum absolute atomic E-state index is 10.6. The van der Waals surface area contributed by atoms with E-state index in [9.17, 15) is 9.59 Å². The third-order valence-corrected chi connectivity index (χ3v) is 1.38. The first-order valence-corrected chi connectivity index (χ1v) is 3.60. The van der Waals surface area contributed by atoms with E-state index in [1.54, 1.807) is 0 Å². The Hall–Kier alpha value is -1.10. The van der Waals surface area contributed by atoms with Crippen molar-refractivity contribution >= 4 is 11.9 Å². The van der Waals surface area contributed by atoms with Crippen LogP contribution in [0, 0.1) is 0 Å². The summed E-state index contributed by atoms with van der Waals surface area (Å²) in [4.78, 5) is 20.7. The highest BCUT2D eigenvalue weighted by molar-refractivity contribution is 5.70. The fourth-order valence-electron chi connectivity index (χ4n) is 0.732. The smallest absolute Gasteiger partial charge is 0.305 e. The number of aliphatic carboxylic acids is 1. The summed E-state index contributed by atoms with van der Waals surface area (Å²) in [7, 11) is 1.28. The minimum atomic E-state index is -0.952. The van der Waals surface area contributed by atoms with Gasteiger partial charge in [-0.25, -0.2) is 0 Å². The summed E-state index contributed by atoms with van der Waals surface area (Å²) in [6.45, 7) is 0.